The van der Waals surface area contributed by atoms with Gasteiger partial charge in [-0.2, -0.15) is 0 Å². The van der Waals surface area contributed by atoms with Gasteiger partial charge in [-0.3, -0.25) is 9.10 Å². The van der Waals surface area contributed by atoms with Crippen LogP contribution in [0.3, 0.4) is 0 Å². The van der Waals surface area contributed by atoms with Crippen molar-refractivity contribution in [3.05, 3.63) is 94.3 Å². The van der Waals surface area contributed by atoms with Crippen LogP contribution in [0, 0.1) is 19.7 Å². The molecule has 0 saturated heterocycles. The first-order valence-electron chi connectivity index (χ1n) is 9.53. The lowest BCUT2D eigenvalue weighted by Crippen LogP contribution is -2.40. The normalized spacial score (nSPS) is 11.2. The fourth-order valence-electron chi connectivity index (χ4n) is 2.92. The maximum absolute atomic E-state index is 13.3. The van der Waals surface area contributed by atoms with Crippen molar-refractivity contribution in [2.45, 2.75) is 25.3 Å². The Morgan fingerprint density at radius 3 is 2.23 bits per heavy atom. The first-order valence-corrected chi connectivity index (χ1v) is 11.4. The van der Waals surface area contributed by atoms with Gasteiger partial charge in [0.2, 0.25) is 5.91 Å². The zero-order chi connectivity index (χ0) is 22.6. The molecule has 0 radical (unpaired) electrons. The molecule has 31 heavy (non-hydrogen) atoms. The van der Waals surface area contributed by atoms with E-state index in [-0.39, 0.29) is 17.3 Å². The Hall–Kier alpha value is -2.90. The first-order chi connectivity index (χ1) is 14.7. The molecule has 1 N–H and O–H groups in total. The lowest BCUT2D eigenvalue weighted by atomic mass is 10.1. The van der Waals surface area contributed by atoms with Gasteiger partial charge in [-0.05, 0) is 79.1 Å². The second-order valence-corrected chi connectivity index (χ2v) is 9.44. The van der Waals surface area contributed by atoms with Crippen LogP contribution in [0.25, 0.3) is 0 Å². The fourth-order valence-corrected chi connectivity index (χ4v) is 4.46. The van der Waals surface area contributed by atoms with Crippen LogP contribution in [0.1, 0.15) is 16.7 Å². The fraction of sp³-hybridized carbons (Fsp3) is 0.174. The summed E-state index contributed by atoms with van der Waals surface area (Å²) in [5, 5.41) is 3.10. The monoisotopic (exact) mass is 460 g/mol. The molecule has 0 aliphatic heterocycles. The highest BCUT2D eigenvalue weighted by Gasteiger charge is 2.27. The van der Waals surface area contributed by atoms with E-state index in [9.17, 15) is 17.6 Å². The number of carbonyl (C=O) groups is 1. The second-order valence-electron chi connectivity index (χ2n) is 7.14. The summed E-state index contributed by atoms with van der Waals surface area (Å²) in [6.45, 7) is 3.54. The minimum Gasteiger partial charge on any atom is -0.350 e. The summed E-state index contributed by atoms with van der Waals surface area (Å²) in [7, 11) is -4.02. The average molecular weight is 461 g/mol. The van der Waals surface area contributed by atoms with E-state index in [0.717, 1.165) is 15.4 Å². The van der Waals surface area contributed by atoms with Crippen LogP contribution < -0.4 is 9.62 Å². The number of anilines is 1. The Morgan fingerprint density at radius 2 is 1.61 bits per heavy atom. The second kappa shape index (κ2) is 9.49. The van der Waals surface area contributed by atoms with Gasteiger partial charge in [0.15, 0.2) is 0 Å². The van der Waals surface area contributed by atoms with E-state index < -0.39 is 22.5 Å². The van der Waals surface area contributed by atoms with E-state index in [1.54, 1.807) is 24.3 Å². The molecule has 0 atom stereocenters. The Bertz CT molecular complexity index is 1180. The number of hydrogen-bond donors (Lipinski definition) is 1. The van der Waals surface area contributed by atoms with Crippen molar-refractivity contribution in [2.75, 3.05) is 10.8 Å². The van der Waals surface area contributed by atoms with E-state index in [1.165, 1.54) is 36.4 Å². The van der Waals surface area contributed by atoms with Crippen molar-refractivity contribution in [2.24, 2.45) is 0 Å². The molecule has 3 aromatic rings. The highest BCUT2D eigenvalue weighted by atomic mass is 35.5. The molecule has 0 aliphatic rings. The predicted molar refractivity (Wildman–Crippen MR) is 120 cm³/mol. The molecule has 0 fully saturated rings. The SMILES string of the molecule is Cc1ccc(N(CC(=O)NCc2ccc(F)cc2)S(=O)(=O)c2ccc(Cl)cc2)cc1C. The summed E-state index contributed by atoms with van der Waals surface area (Å²) in [4.78, 5) is 12.7. The highest BCUT2D eigenvalue weighted by molar-refractivity contribution is 7.92. The molecule has 1 amide bonds. The molecule has 3 aromatic carbocycles. The first kappa shape index (κ1) is 22.8. The van der Waals surface area contributed by atoms with Gasteiger partial charge >= 0.3 is 0 Å². The summed E-state index contributed by atoms with van der Waals surface area (Å²) >= 11 is 5.89. The topological polar surface area (TPSA) is 66.5 Å². The minimum atomic E-state index is -4.02. The number of hydrogen-bond acceptors (Lipinski definition) is 3. The minimum absolute atomic E-state index is 0.0291. The number of amides is 1. The summed E-state index contributed by atoms with van der Waals surface area (Å²) < 4.78 is 40.8. The summed E-state index contributed by atoms with van der Waals surface area (Å²) in [5.41, 5.74) is 3.00. The number of sulfonamides is 1. The van der Waals surface area contributed by atoms with Crippen molar-refractivity contribution in [1.29, 1.82) is 0 Å². The van der Waals surface area contributed by atoms with Gasteiger partial charge in [0.1, 0.15) is 12.4 Å². The number of carbonyl (C=O) groups excluding carboxylic acids is 1. The largest absolute Gasteiger partial charge is 0.350 e. The molecule has 8 heteroatoms. The van der Waals surface area contributed by atoms with Gasteiger partial charge in [-0.25, -0.2) is 12.8 Å². The number of aryl methyl sites for hydroxylation is 2. The maximum atomic E-state index is 13.3. The number of halogens is 2. The lowest BCUT2D eigenvalue weighted by Gasteiger charge is -2.25. The Kier molecular flexibility index (Phi) is 6.97. The smallest absolute Gasteiger partial charge is 0.264 e. The van der Waals surface area contributed by atoms with Gasteiger partial charge in [0.25, 0.3) is 10.0 Å². The van der Waals surface area contributed by atoms with Crippen molar-refractivity contribution in [1.82, 2.24) is 5.32 Å². The van der Waals surface area contributed by atoms with Crippen LogP contribution in [-0.2, 0) is 21.4 Å². The molecule has 3 rings (SSSR count). The van der Waals surface area contributed by atoms with Crippen LogP contribution in [0.4, 0.5) is 10.1 Å². The average Bonchev–Trinajstić information content (AvgIpc) is 2.74. The van der Waals surface area contributed by atoms with E-state index >= 15 is 0 Å². The third-order valence-electron chi connectivity index (χ3n) is 4.87. The molecule has 0 heterocycles. The zero-order valence-corrected chi connectivity index (χ0v) is 18.7. The quantitative estimate of drug-likeness (QED) is 0.560. The van der Waals surface area contributed by atoms with Gasteiger partial charge in [0.05, 0.1) is 10.6 Å². The third kappa shape index (κ3) is 5.62. The van der Waals surface area contributed by atoms with Gasteiger partial charge in [0, 0.05) is 11.6 Å². The van der Waals surface area contributed by atoms with E-state index in [2.05, 4.69) is 5.32 Å². The number of rotatable bonds is 7. The molecule has 0 bridgehead atoms. The standard InChI is InChI=1S/C23H22ClFN2O3S/c1-16-3-10-21(13-17(16)2)27(31(29,30)22-11-6-19(24)7-12-22)15-23(28)26-14-18-4-8-20(25)9-5-18/h3-13H,14-15H2,1-2H3,(H,26,28). The van der Waals surface area contributed by atoms with Crippen molar-refractivity contribution in [3.63, 3.8) is 0 Å². The Morgan fingerprint density at radius 1 is 0.968 bits per heavy atom. The van der Waals surface area contributed by atoms with E-state index in [1.807, 2.05) is 19.9 Å². The Balaban J connectivity index is 1.88. The van der Waals surface area contributed by atoms with Crippen LogP contribution in [0.15, 0.2) is 71.6 Å². The van der Waals surface area contributed by atoms with E-state index in [4.69, 9.17) is 11.6 Å². The summed E-state index contributed by atoms with van der Waals surface area (Å²) in [6.07, 6.45) is 0. The molecular formula is C23H22ClFN2O3S. The van der Waals surface area contributed by atoms with Gasteiger partial charge in [-0.1, -0.05) is 29.8 Å². The third-order valence-corrected chi connectivity index (χ3v) is 6.91. The number of nitrogens with one attached hydrogen (secondary N) is 1. The number of nitrogens with zero attached hydrogens (tertiary/aromatic N) is 1. The maximum Gasteiger partial charge on any atom is 0.264 e. The predicted octanol–water partition coefficient (Wildman–Crippen LogP) is 4.61. The van der Waals surface area contributed by atoms with Crippen LogP contribution >= 0.6 is 11.6 Å². The van der Waals surface area contributed by atoms with Crippen LogP contribution in [-0.4, -0.2) is 20.9 Å². The molecule has 0 spiro atoms. The molecule has 5 nitrogen and oxygen atoms in total. The zero-order valence-electron chi connectivity index (χ0n) is 17.1. The van der Waals surface area contributed by atoms with Crippen LogP contribution in [0.2, 0.25) is 5.02 Å². The van der Waals surface area contributed by atoms with E-state index in [0.29, 0.717) is 16.3 Å². The van der Waals surface area contributed by atoms with Crippen molar-refractivity contribution >= 4 is 33.2 Å². The molecule has 0 aromatic heterocycles. The molecular weight excluding hydrogens is 439 g/mol. The molecule has 0 saturated carbocycles. The Labute approximate surface area is 186 Å². The molecule has 162 valence electrons. The highest BCUT2D eigenvalue weighted by Crippen LogP contribution is 2.26. The van der Waals surface area contributed by atoms with Crippen LogP contribution in [0.5, 0.6) is 0 Å². The lowest BCUT2D eigenvalue weighted by molar-refractivity contribution is -0.119. The van der Waals surface area contributed by atoms with Gasteiger partial charge < -0.3 is 5.32 Å². The van der Waals surface area contributed by atoms with Gasteiger partial charge in [-0.15, -0.1) is 0 Å². The molecule has 0 aliphatic carbocycles. The summed E-state index contributed by atoms with van der Waals surface area (Å²) in [6, 6.07) is 16.7. The molecule has 0 unspecified atom stereocenters. The number of benzene rings is 3. The van der Waals surface area contributed by atoms with Crippen molar-refractivity contribution in [3.8, 4) is 0 Å². The van der Waals surface area contributed by atoms with Crippen molar-refractivity contribution < 1.29 is 17.6 Å². The summed E-state index contributed by atoms with van der Waals surface area (Å²) in [5.74, 6) is -0.856.